The average Bonchev–Trinajstić information content (AvgIpc) is 2.82. The Morgan fingerprint density at radius 1 is 1.45 bits per heavy atom. The fourth-order valence-corrected chi connectivity index (χ4v) is 2.94. The van der Waals surface area contributed by atoms with Gasteiger partial charge in [-0.05, 0) is 25.5 Å². The molecule has 0 amide bonds. The third-order valence-corrected chi connectivity index (χ3v) is 4.68. The number of hydrogen-bond acceptors (Lipinski definition) is 4. The van der Waals surface area contributed by atoms with E-state index < -0.39 is 5.97 Å². The second-order valence-corrected chi connectivity index (χ2v) is 5.94. The Hall–Kier alpha value is -1.34. The average molecular weight is 356 g/mol. The maximum atomic E-state index is 10.7. The summed E-state index contributed by atoms with van der Waals surface area (Å²) in [5.74, 6) is -0.115. The molecule has 0 spiro atoms. The van der Waals surface area contributed by atoms with Gasteiger partial charge in [0.05, 0.1) is 5.75 Å². The normalized spacial score (nSPS) is 10.8. The van der Waals surface area contributed by atoms with Crippen LogP contribution in [0.1, 0.15) is 12.5 Å². The van der Waals surface area contributed by atoms with Crippen molar-refractivity contribution in [3.63, 3.8) is 0 Å². The summed E-state index contributed by atoms with van der Waals surface area (Å²) in [6, 6.07) is 5.92. The number of thioether (sulfide) groups is 1. The number of nitrogens with zero attached hydrogens (tertiary/aromatic N) is 3. The summed E-state index contributed by atoms with van der Waals surface area (Å²) in [5.41, 5.74) is 2.08. The fourth-order valence-electron chi connectivity index (χ4n) is 1.86. The highest BCUT2D eigenvalue weighted by Gasteiger charge is 2.16. The number of carboxylic acid groups (broad SMARTS) is 1. The maximum Gasteiger partial charge on any atom is 0.313 e. The van der Waals surface area contributed by atoms with Crippen molar-refractivity contribution in [2.24, 2.45) is 0 Å². The highest BCUT2D eigenvalue weighted by Crippen LogP contribution is 2.29. The second-order valence-electron chi connectivity index (χ2n) is 4.15. The molecule has 1 heterocycles. The van der Waals surface area contributed by atoms with Gasteiger partial charge in [-0.3, -0.25) is 4.79 Å². The zero-order valence-corrected chi connectivity index (χ0v) is 13.5. The van der Waals surface area contributed by atoms with Gasteiger partial charge in [-0.15, -0.1) is 10.2 Å². The van der Waals surface area contributed by atoms with Crippen LogP contribution in [-0.4, -0.2) is 31.6 Å². The zero-order valence-electron chi connectivity index (χ0n) is 11.1. The number of halogens is 1. The molecule has 0 atom stereocenters. The minimum absolute atomic E-state index is 0.0183. The highest BCUT2D eigenvalue weighted by molar-refractivity contribution is 9.10. The summed E-state index contributed by atoms with van der Waals surface area (Å²) >= 11 is 4.69. The van der Waals surface area contributed by atoms with Crippen LogP contribution in [0.2, 0.25) is 0 Å². The van der Waals surface area contributed by atoms with E-state index in [2.05, 4.69) is 26.1 Å². The number of hydrogen-bond donors (Lipinski definition) is 1. The van der Waals surface area contributed by atoms with E-state index in [0.29, 0.717) is 11.7 Å². The van der Waals surface area contributed by atoms with Gasteiger partial charge >= 0.3 is 5.97 Å². The van der Waals surface area contributed by atoms with Crippen LogP contribution in [0.4, 0.5) is 0 Å². The van der Waals surface area contributed by atoms with Gasteiger partial charge in [0.1, 0.15) is 0 Å². The summed E-state index contributed by atoms with van der Waals surface area (Å²) in [7, 11) is 0. The first-order valence-corrected chi connectivity index (χ1v) is 7.85. The first kappa shape index (κ1) is 15.1. The van der Waals surface area contributed by atoms with Crippen LogP contribution in [0.15, 0.2) is 27.8 Å². The van der Waals surface area contributed by atoms with Gasteiger partial charge < -0.3 is 9.67 Å². The van der Waals surface area contributed by atoms with Crippen molar-refractivity contribution in [1.82, 2.24) is 14.8 Å². The van der Waals surface area contributed by atoms with Gasteiger partial charge in [-0.1, -0.05) is 39.8 Å². The van der Waals surface area contributed by atoms with Crippen LogP contribution in [0.25, 0.3) is 11.4 Å². The minimum atomic E-state index is -0.860. The van der Waals surface area contributed by atoms with Gasteiger partial charge in [0.15, 0.2) is 11.0 Å². The first-order valence-electron chi connectivity index (χ1n) is 6.07. The van der Waals surface area contributed by atoms with Crippen molar-refractivity contribution in [3.05, 3.63) is 28.2 Å². The lowest BCUT2D eigenvalue weighted by Gasteiger charge is -2.09. The fraction of sp³-hybridized carbons (Fsp3) is 0.308. The molecular formula is C13H14BrN3O2S. The summed E-state index contributed by atoms with van der Waals surface area (Å²) < 4.78 is 2.95. The maximum absolute atomic E-state index is 10.7. The van der Waals surface area contributed by atoms with E-state index in [9.17, 15) is 4.79 Å². The molecule has 0 saturated carbocycles. The minimum Gasteiger partial charge on any atom is -0.481 e. The molecule has 0 unspecified atom stereocenters. The standard InChI is InChI=1S/C13H14BrN3O2S/c1-3-17-12(9-5-4-6-10(14)8(9)2)15-16-13(17)20-7-11(18)19/h4-6H,3,7H2,1-2H3,(H,18,19). The largest absolute Gasteiger partial charge is 0.481 e. The topological polar surface area (TPSA) is 68.0 Å². The Bertz CT molecular complexity index is 643. The van der Waals surface area contributed by atoms with Gasteiger partial charge in [0.2, 0.25) is 0 Å². The van der Waals surface area contributed by atoms with Crippen LogP contribution in [0.3, 0.4) is 0 Å². The number of carboxylic acids is 1. The van der Waals surface area contributed by atoms with Gasteiger partial charge in [-0.25, -0.2) is 0 Å². The van der Waals surface area contributed by atoms with E-state index >= 15 is 0 Å². The third kappa shape index (κ3) is 3.04. The zero-order chi connectivity index (χ0) is 14.7. The Kier molecular flexibility index (Phi) is 4.82. The molecule has 0 aliphatic carbocycles. The molecule has 20 heavy (non-hydrogen) atoms. The lowest BCUT2D eigenvalue weighted by atomic mass is 10.1. The molecule has 1 N–H and O–H groups in total. The summed E-state index contributed by atoms with van der Waals surface area (Å²) in [4.78, 5) is 10.7. The predicted molar refractivity (Wildman–Crippen MR) is 81.9 cm³/mol. The Labute approximate surface area is 129 Å². The van der Waals surface area contributed by atoms with Crippen molar-refractivity contribution < 1.29 is 9.90 Å². The van der Waals surface area contributed by atoms with Crippen molar-refractivity contribution in [2.45, 2.75) is 25.5 Å². The molecule has 1 aromatic heterocycles. The van der Waals surface area contributed by atoms with E-state index in [-0.39, 0.29) is 5.75 Å². The summed E-state index contributed by atoms with van der Waals surface area (Å²) in [5, 5.41) is 17.7. The van der Waals surface area contributed by atoms with Crippen LogP contribution in [0.5, 0.6) is 0 Å². The number of carbonyl (C=O) groups is 1. The Balaban J connectivity index is 2.42. The number of benzene rings is 1. The second kappa shape index (κ2) is 6.41. The molecule has 5 nitrogen and oxygen atoms in total. The van der Waals surface area contributed by atoms with Crippen molar-refractivity contribution in [3.8, 4) is 11.4 Å². The Morgan fingerprint density at radius 2 is 2.20 bits per heavy atom. The van der Waals surface area contributed by atoms with Crippen LogP contribution in [0, 0.1) is 6.92 Å². The van der Waals surface area contributed by atoms with Crippen LogP contribution < -0.4 is 0 Å². The summed E-state index contributed by atoms with van der Waals surface area (Å²) in [6.45, 7) is 4.69. The monoisotopic (exact) mass is 355 g/mol. The smallest absolute Gasteiger partial charge is 0.313 e. The number of aliphatic carboxylic acids is 1. The summed E-state index contributed by atoms with van der Waals surface area (Å²) in [6.07, 6.45) is 0. The third-order valence-electron chi connectivity index (χ3n) is 2.87. The predicted octanol–water partition coefficient (Wildman–Crippen LogP) is 3.21. The van der Waals surface area contributed by atoms with Gasteiger partial charge in [0.25, 0.3) is 0 Å². The highest BCUT2D eigenvalue weighted by atomic mass is 79.9. The molecule has 0 bridgehead atoms. The van der Waals surface area contributed by atoms with Crippen molar-refractivity contribution >= 4 is 33.7 Å². The molecular weight excluding hydrogens is 342 g/mol. The molecule has 7 heteroatoms. The molecule has 0 radical (unpaired) electrons. The van der Waals surface area contributed by atoms with E-state index in [0.717, 1.165) is 21.4 Å². The van der Waals surface area contributed by atoms with Gasteiger partial charge in [0, 0.05) is 16.6 Å². The van der Waals surface area contributed by atoms with Crippen molar-refractivity contribution in [2.75, 3.05) is 5.75 Å². The molecule has 1 aromatic carbocycles. The van der Waals surface area contributed by atoms with Crippen molar-refractivity contribution in [1.29, 1.82) is 0 Å². The van der Waals surface area contributed by atoms with Crippen LogP contribution in [-0.2, 0) is 11.3 Å². The number of rotatable bonds is 5. The molecule has 2 rings (SSSR count). The lowest BCUT2D eigenvalue weighted by Crippen LogP contribution is -2.03. The van der Waals surface area contributed by atoms with Crippen LogP contribution >= 0.6 is 27.7 Å². The SMILES string of the molecule is CCn1c(SCC(=O)O)nnc1-c1cccc(Br)c1C. The first-order chi connectivity index (χ1) is 9.54. The molecule has 106 valence electrons. The van der Waals surface area contributed by atoms with E-state index in [1.54, 1.807) is 0 Å². The van der Waals surface area contributed by atoms with Gasteiger partial charge in [-0.2, -0.15) is 0 Å². The van der Waals surface area contributed by atoms with E-state index in [1.807, 2.05) is 36.6 Å². The quantitative estimate of drug-likeness (QED) is 0.834. The molecule has 0 fully saturated rings. The Morgan fingerprint density at radius 3 is 2.85 bits per heavy atom. The molecule has 0 aliphatic heterocycles. The number of aromatic nitrogens is 3. The molecule has 0 aliphatic rings. The lowest BCUT2D eigenvalue weighted by molar-refractivity contribution is -0.133. The molecule has 2 aromatic rings. The van der Waals surface area contributed by atoms with E-state index in [1.165, 1.54) is 11.8 Å². The van der Waals surface area contributed by atoms with E-state index in [4.69, 9.17) is 5.11 Å². The molecule has 0 saturated heterocycles.